The molecule has 2 aromatic carbocycles. The lowest BCUT2D eigenvalue weighted by Crippen LogP contribution is -2.40. The molecule has 0 aromatic heterocycles. The zero-order chi connectivity index (χ0) is 26.2. The highest BCUT2D eigenvalue weighted by Gasteiger charge is 2.28. The topological polar surface area (TPSA) is 75.9 Å². The van der Waals surface area contributed by atoms with Crippen LogP contribution in [0, 0.1) is 11.7 Å². The number of likely N-dealkylation sites (tertiary alicyclic amines) is 1. The van der Waals surface area contributed by atoms with Crippen molar-refractivity contribution in [1.29, 1.82) is 0 Å². The first-order chi connectivity index (χ1) is 17.9. The molecular formula is C29H37ClFN3O3. The molecule has 2 heterocycles. The molecule has 0 radical (unpaired) electrons. The summed E-state index contributed by atoms with van der Waals surface area (Å²) in [4.78, 5) is 26.9. The summed E-state index contributed by atoms with van der Waals surface area (Å²) in [6.45, 7) is 5.15. The van der Waals surface area contributed by atoms with Gasteiger partial charge in [0.05, 0.1) is 11.1 Å². The van der Waals surface area contributed by atoms with E-state index in [0.717, 1.165) is 22.9 Å². The molecule has 0 bridgehead atoms. The molecular weight excluding hydrogens is 493 g/mol. The molecule has 3 aliphatic rings. The molecule has 1 amide bonds. The van der Waals surface area contributed by atoms with Gasteiger partial charge in [0.2, 0.25) is 5.78 Å². The van der Waals surface area contributed by atoms with Crippen LogP contribution in [0.3, 0.4) is 0 Å². The Balaban J connectivity index is 0.000000173. The Bertz CT molecular complexity index is 1050. The van der Waals surface area contributed by atoms with Crippen molar-refractivity contribution in [2.75, 3.05) is 37.6 Å². The highest BCUT2D eigenvalue weighted by atomic mass is 35.5. The summed E-state index contributed by atoms with van der Waals surface area (Å²) in [5, 5.41) is 0.769. The van der Waals surface area contributed by atoms with E-state index in [1.807, 2.05) is 6.07 Å². The predicted octanol–water partition coefficient (Wildman–Crippen LogP) is 5.01. The van der Waals surface area contributed by atoms with Crippen molar-refractivity contribution >= 4 is 29.0 Å². The van der Waals surface area contributed by atoms with E-state index in [0.29, 0.717) is 32.0 Å². The second-order valence-electron chi connectivity index (χ2n) is 10.2. The third-order valence-electron chi connectivity index (χ3n) is 7.25. The number of hydrogen-bond donors (Lipinski definition) is 1. The molecule has 0 atom stereocenters. The van der Waals surface area contributed by atoms with E-state index in [9.17, 15) is 14.0 Å². The average Bonchev–Trinajstić information content (AvgIpc) is 3.57. The lowest BCUT2D eigenvalue weighted by molar-refractivity contribution is -0.138. The number of halogens is 2. The SMILES string of the molecule is Clc1cc(CCCN2CCCC2)ccc1OC1CC1.NC(=O)C(=O)C1CCN(c2ccc(F)cc2)CC1. The summed E-state index contributed by atoms with van der Waals surface area (Å²) in [6.07, 6.45) is 9.07. The van der Waals surface area contributed by atoms with Crippen LogP contribution in [0.25, 0.3) is 0 Å². The maximum atomic E-state index is 12.8. The number of hydrogen-bond acceptors (Lipinski definition) is 5. The third-order valence-corrected chi connectivity index (χ3v) is 7.55. The molecule has 37 heavy (non-hydrogen) atoms. The van der Waals surface area contributed by atoms with E-state index in [2.05, 4.69) is 21.9 Å². The number of carbonyl (C=O) groups is 2. The molecule has 2 saturated heterocycles. The van der Waals surface area contributed by atoms with Gasteiger partial charge in [-0.15, -0.1) is 0 Å². The van der Waals surface area contributed by atoms with E-state index < -0.39 is 11.7 Å². The first kappa shape index (κ1) is 27.4. The van der Waals surface area contributed by atoms with Crippen molar-refractivity contribution in [1.82, 2.24) is 4.90 Å². The molecule has 1 saturated carbocycles. The summed E-state index contributed by atoms with van der Waals surface area (Å²) in [6, 6.07) is 12.5. The van der Waals surface area contributed by atoms with Gasteiger partial charge in [-0.3, -0.25) is 9.59 Å². The summed E-state index contributed by atoms with van der Waals surface area (Å²) >= 11 is 6.27. The zero-order valence-corrected chi connectivity index (χ0v) is 22.1. The summed E-state index contributed by atoms with van der Waals surface area (Å²) in [5.41, 5.74) is 7.24. The Kier molecular flexibility index (Phi) is 9.81. The number of carbonyl (C=O) groups excluding carboxylic acids is 2. The minimum Gasteiger partial charge on any atom is -0.489 e. The Labute approximate surface area is 223 Å². The van der Waals surface area contributed by atoms with Crippen LogP contribution in [0.5, 0.6) is 5.75 Å². The van der Waals surface area contributed by atoms with Crippen LogP contribution in [0.15, 0.2) is 42.5 Å². The largest absolute Gasteiger partial charge is 0.489 e. The number of piperidine rings is 1. The fourth-order valence-corrected chi connectivity index (χ4v) is 5.17. The van der Waals surface area contributed by atoms with Crippen LogP contribution in [-0.4, -0.2) is 55.4 Å². The van der Waals surface area contributed by atoms with Crippen molar-refractivity contribution in [3.63, 3.8) is 0 Å². The number of ether oxygens (including phenoxy) is 1. The Morgan fingerprint density at radius 3 is 2.24 bits per heavy atom. The number of Topliss-reactive ketones (excluding diaryl/α,β-unsaturated/α-hetero) is 1. The van der Waals surface area contributed by atoms with Crippen LogP contribution in [0.4, 0.5) is 10.1 Å². The number of nitrogens with two attached hydrogens (primary N) is 1. The normalized spacial score (nSPS) is 18.3. The number of rotatable bonds is 9. The number of nitrogens with zero attached hydrogens (tertiary/aromatic N) is 2. The molecule has 5 rings (SSSR count). The second kappa shape index (κ2) is 13.2. The van der Waals surface area contributed by atoms with E-state index in [1.54, 1.807) is 12.1 Å². The lowest BCUT2D eigenvalue weighted by Gasteiger charge is -2.32. The Morgan fingerprint density at radius 1 is 0.973 bits per heavy atom. The molecule has 8 heteroatoms. The molecule has 3 fully saturated rings. The van der Waals surface area contributed by atoms with E-state index in [-0.39, 0.29) is 11.7 Å². The van der Waals surface area contributed by atoms with Gasteiger partial charge in [-0.05, 0) is 113 Å². The monoisotopic (exact) mass is 529 g/mol. The molecule has 1 aliphatic carbocycles. The number of ketones is 1. The van der Waals surface area contributed by atoms with E-state index in [1.165, 1.54) is 69.4 Å². The second-order valence-corrected chi connectivity index (χ2v) is 10.6. The summed E-state index contributed by atoms with van der Waals surface area (Å²) in [5.74, 6) is -1.01. The van der Waals surface area contributed by atoms with Gasteiger partial charge in [-0.25, -0.2) is 4.39 Å². The van der Waals surface area contributed by atoms with Gasteiger partial charge in [0.1, 0.15) is 11.6 Å². The zero-order valence-electron chi connectivity index (χ0n) is 21.3. The van der Waals surface area contributed by atoms with Gasteiger partial charge in [0, 0.05) is 24.7 Å². The molecule has 6 nitrogen and oxygen atoms in total. The summed E-state index contributed by atoms with van der Waals surface area (Å²) in [7, 11) is 0. The third kappa shape index (κ3) is 8.44. The van der Waals surface area contributed by atoms with Crippen LogP contribution in [0.2, 0.25) is 5.02 Å². The Hall–Kier alpha value is -2.64. The Morgan fingerprint density at radius 2 is 1.65 bits per heavy atom. The van der Waals surface area contributed by atoms with Crippen molar-refractivity contribution < 1.29 is 18.7 Å². The molecule has 2 aromatic rings. The first-order valence-electron chi connectivity index (χ1n) is 13.4. The molecule has 0 spiro atoms. The van der Waals surface area contributed by atoms with Crippen molar-refractivity contribution in [3.05, 3.63) is 58.9 Å². The lowest BCUT2D eigenvalue weighted by atomic mass is 9.92. The minimum absolute atomic E-state index is 0.265. The van der Waals surface area contributed by atoms with Gasteiger partial charge in [0.25, 0.3) is 5.91 Å². The highest BCUT2D eigenvalue weighted by Crippen LogP contribution is 2.32. The van der Waals surface area contributed by atoms with E-state index >= 15 is 0 Å². The van der Waals surface area contributed by atoms with Gasteiger partial charge in [0.15, 0.2) is 0 Å². The number of primary amides is 1. The van der Waals surface area contributed by atoms with Gasteiger partial charge in [-0.2, -0.15) is 0 Å². The van der Waals surface area contributed by atoms with Gasteiger partial charge in [-0.1, -0.05) is 17.7 Å². The van der Waals surface area contributed by atoms with Crippen LogP contribution >= 0.6 is 11.6 Å². The number of benzene rings is 2. The fraction of sp³-hybridized carbons (Fsp3) is 0.517. The van der Waals surface area contributed by atoms with Crippen LogP contribution < -0.4 is 15.4 Å². The maximum Gasteiger partial charge on any atom is 0.285 e. The minimum atomic E-state index is -0.852. The first-order valence-corrected chi connectivity index (χ1v) is 13.8. The highest BCUT2D eigenvalue weighted by molar-refractivity contribution is 6.36. The maximum absolute atomic E-state index is 12.8. The quantitative estimate of drug-likeness (QED) is 0.462. The number of anilines is 1. The number of amides is 1. The fourth-order valence-electron chi connectivity index (χ4n) is 4.93. The average molecular weight is 530 g/mol. The smallest absolute Gasteiger partial charge is 0.285 e. The van der Waals surface area contributed by atoms with E-state index in [4.69, 9.17) is 22.1 Å². The van der Waals surface area contributed by atoms with Crippen LogP contribution in [0.1, 0.15) is 50.5 Å². The van der Waals surface area contributed by atoms with Gasteiger partial charge >= 0.3 is 0 Å². The standard InChI is InChI=1S/C16H22ClNO.C13H15FN2O2/c17-15-12-13(4-3-11-18-9-1-2-10-18)5-8-16(15)19-14-6-7-14;14-10-1-3-11(4-2-10)16-7-5-9(6-8-16)12(17)13(15)18/h5,8,12,14H,1-4,6-7,9-11H2;1-4,9H,5-8H2,(H2,15,18). The molecule has 2 N–H and O–H groups in total. The molecule has 0 unspecified atom stereocenters. The van der Waals surface area contributed by atoms with Crippen molar-refractivity contribution in [2.45, 2.75) is 57.5 Å². The van der Waals surface area contributed by atoms with Gasteiger partial charge < -0.3 is 20.3 Å². The number of aryl methyl sites for hydroxylation is 1. The molecule has 2 aliphatic heterocycles. The van der Waals surface area contributed by atoms with Crippen LogP contribution in [-0.2, 0) is 16.0 Å². The predicted molar refractivity (Wildman–Crippen MR) is 145 cm³/mol. The van der Waals surface area contributed by atoms with Crippen molar-refractivity contribution in [3.8, 4) is 5.75 Å². The van der Waals surface area contributed by atoms with Crippen molar-refractivity contribution in [2.24, 2.45) is 11.7 Å². The molecule has 200 valence electrons. The summed E-state index contributed by atoms with van der Waals surface area (Å²) < 4.78 is 18.6.